The van der Waals surface area contributed by atoms with E-state index in [0.717, 1.165) is 6.07 Å². The Kier molecular flexibility index (Phi) is 4.61. The summed E-state index contributed by atoms with van der Waals surface area (Å²) in [6, 6.07) is 3.66. The molecule has 1 rings (SSSR count). The first kappa shape index (κ1) is 14.1. The highest BCUT2D eigenvalue weighted by molar-refractivity contribution is 14.1. The number of nitrogens with zero attached hydrogens (tertiary/aromatic N) is 1. The molecule has 94 valence electrons. The summed E-state index contributed by atoms with van der Waals surface area (Å²) in [4.78, 5) is 0. The summed E-state index contributed by atoms with van der Waals surface area (Å²) in [5.41, 5.74) is 4.79. The lowest BCUT2D eigenvalue weighted by atomic mass is 10.0. The monoisotopic (exact) mass is 358 g/mol. The largest absolute Gasteiger partial charge is 0.416 e. The maximum atomic E-state index is 12.8. The van der Waals surface area contributed by atoms with Crippen molar-refractivity contribution in [3.8, 4) is 0 Å². The molecule has 0 aliphatic carbocycles. The zero-order valence-corrected chi connectivity index (χ0v) is 10.8. The molecule has 0 radical (unpaired) electrons. The van der Waals surface area contributed by atoms with Crippen LogP contribution in [0.2, 0.25) is 0 Å². The van der Waals surface area contributed by atoms with Gasteiger partial charge >= 0.3 is 6.18 Å². The predicted molar refractivity (Wildman–Crippen MR) is 66.5 cm³/mol. The molecule has 0 saturated carbocycles. The van der Waals surface area contributed by atoms with E-state index in [4.69, 9.17) is 10.9 Å². The Morgan fingerprint density at radius 1 is 1.41 bits per heavy atom. The summed E-state index contributed by atoms with van der Waals surface area (Å²) in [5.74, 6) is -0.337. The molecule has 1 aromatic carbocycles. The number of rotatable bonds is 3. The number of hydrogen-bond donors (Lipinski definition) is 2. The van der Waals surface area contributed by atoms with Crippen LogP contribution in [0.3, 0.4) is 0 Å². The molecule has 0 heterocycles. The van der Waals surface area contributed by atoms with Crippen molar-refractivity contribution in [2.24, 2.45) is 10.9 Å². The Labute approximate surface area is 110 Å². The smallest absolute Gasteiger partial charge is 0.409 e. The van der Waals surface area contributed by atoms with Gasteiger partial charge in [0.05, 0.1) is 5.56 Å². The van der Waals surface area contributed by atoms with Crippen molar-refractivity contribution >= 4 is 28.4 Å². The molecular weight excluding hydrogens is 348 g/mol. The molecule has 17 heavy (non-hydrogen) atoms. The van der Waals surface area contributed by atoms with Gasteiger partial charge in [0.25, 0.3) is 0 Å². The quantitative estimate of drug-likeness (QED) is 0.218. The third kappa shape index (κ3) is 3.48. The Morgan fingerprint density at radius 2 is 2.06 bits per heavy atom. The fraction of sp³-hybridized carbons (Fsp3) is 0.300. The molecule has 7 heteroatoms. The lowest BCUT2D eigenvalue weighted by Crippen LogP contribution is -2.16. The average molecular weight is 358 g/mol. The van der Waals surface area contributed by atoms with Gasteiger partial charge in [-0.3, -0.25) is 0 Å². The highest BCUT2D eigenvalue weighted by Gasteiger charge is 2.33. The number of halogens is 4. The second kappa shape index (κ2) is 5.56. The molecule has 0 bridgehead atoms. The van der Waals surface area contributed by atoms with Crippen molar-refractivity contribution in [1.82, 2.24) is 0 Å². The average Bonchev–Trinajstić information content (AvgIpc) is 2.27. The summed E-state index contributed by atoms with van der Waals surface area (Å²) in [6.07, 6.45) is -4.11. The van der Waals surface area contributed by atoms with E-state index in [-0.39, 0.29) is 17.0 Å². The molecule has 0 aromatic heterocycles. The summed E-state index contributed by atoms with van der Waals surface area (Å²) >= 11 is 2.01. The second-order valence-corrected chi connectivity index (χ2v) is 4.37. The molecule has 0 fully saturated rings. The molecule has 3 nitrogen and oxygen atoms in total. The molecule has 0 unspecified atom stereocenters. The fourth-order valence-corrected chi connectivity index (χ4v) is 1.96. The van der Waals surface area contributed by atoms with Crippen molar-refractivity contribution in [1.29, 1.82) is 0 Å². The van der Waals surface area contributed by atoms with Crippen LogP contribution in [0, 0.1) is 0 Å². The van der Waals surface area contributed by atoms with Crippen molar-refractivity contribution < 1.29 is 18.4 Å². The molecule has 0 saturated heterocycles. The number of benzene rings is 1. The van der Waals surface area contributed by atoms with Gasteiger partial charge in [0.1, 0.15) is 0 Å². The first-order valence-corrected chi connectivity index (χ1v) is 6.16. The molecule has 0 aliphatic heterocycles. The van der Waals surface area contributed by atoms with Crippen LogP contribution >= 0.6 is 22.6 Å². The van der Waals surface area contributed by atoms with Crippen LogP contribution in [0.1, 0.15) is 16.7 Å². The number of amidine groups is 1. The zero-order valence-electron chi connectivity index (χ0n) is 8.63. The van der Waals surface area contributed by atoms with E-state index in [2.05, 4.69) is 5.16 Å². The van der Waals surface area contributed by atoms with Gasteiger partial charge in [-0.1, -0.05) is 39.9 Å². The molecule has 0 atom stereocenters. The highest BCUT2D eigenvalue weighted by Crippen LogP contribution is 2.33. The normalized spacial score (nSPS) is 12.8. The number of aryl methyl sites for hydroxylation is 1. The van der Waals surface area contributed by atoms with Crippen molar-refractivity contribution in [3.63, 3.8) is 0 Å². The van der Waals surface area contributed by atoms with Crippen molar-refractivity contribution in [3.05, 3.63) is 34.9 Å². The van der Waals surface area contributed by atoms with E-state index in [1.807, 2.05) is 22.6 Å². The van der Waals surface area contributed by atoms with E-state index in [1.165, 1.54) is 12.1 Å². The SMILES string of the molecule is N/C(=N\O)c1ccc(CCI)c(C(F)(F)F)c1. The Balaban J connectivity index is 3.29. The Morgan fingerprint density at radius 3 is 2.53 bits per heavy atom. The molecule has 1 aromatic rings. The first-order valence-electron chi connectivity index (χ1n) is 4.64. The summed E-state index contributed by atoms with van der Waals surface area (Å²) in [7, 11) is 0. The maximum Gasteiger partial charge on any atom is 0.416 e. The van der Waals surface area contributed by atoms with E-state index in [9.17, 15) is 13.2 Å². The van der Waals surface area contributed by atoms with Gasteiger partial charge in [0.15, 0.2) is 5.84 Å². The van der Waals surface area contributed by atoms with Crippen LogP contribution in [0.4, 0.5) is 13.2 Å². The third-order valence-electron chi connectivity index (χ3n) is 2.18. The maximum absolute atomic E-state index is 12.8. The summed E-state index contributed by atoms with van der Waals surface area (Å²) in [5, 5.41) is 11.1. The number of oxime groups is 1. The van der Waals surface area contributed by atoms with E-state index in [1.54, 1.807) is 0 Å². The molecule has 0 amide bonds. The number of hydrogen-bond acceptors (Lipinski definition) is 2. The topological polar surface area (TPSA) is 58.6 Å². The van der Waals surface area contributed by atoms with Gasteiger partial charge in [-0.2, -0.15) is 13.2 Å². The number of nitrogens with two attached hydrogens (primary N) is 1. The van der Waals surface area contributed by atoms with E-state index >= 15 is 0 Å². The second-order valence-electron chi connectivity index (χ2n) is 3.29. The molecular formula is C10H10F3IN2O. The van der Waals surface area contributed by atoms with Gasteiger partial charge in [0, 0.05) is 9.99 Å². The summed E-state index contributed by atoms with van der Waals surface area (Å²) in [6.45, 7) is 0. The van der Waals surface area contributed by atoms with Gasteiger partial charge in [-0.15, -0.1) is 0 Å². The molecule has 3 N–H and O–H groups in total. The van der Waals surface area contributed by atoms with Crippen molar-refractivity contribution in [2.75, 3.05) is 4.43 Å². The minimum Gasteiger partial charge on any atom is -0.409 e. The van der Waals surface area contributed by atoms with Crippen LogP contribution < -0.4 is 5.73 Å². The molecule has 0 aliphatic rings. The Bertz CT molecular complexity index is 432. The highest BCUT2D eigenvalue weighted by atomic mass is 127. The van der Waals surface area contributed by atoms with Gasteiger partial charge < -0.3 is 10.9 Å². The molecule has 0 spiro atoms. The standard InChI is InChI=1S/C10H10F3IN2O/c11-10(12,13)8-5-7(9(15)16-17)2-1-6(8)3-4-14/h1-2,5,17H,3-4H2,(H2,15,16). The van der Waals surface area contributed by atoms with Crippen LogP contribution in [0.15, 0.2) is 23.4 Å². The number of alkyl halides is 4. The van der Waals surface area contributed by atoms with E-state index in [0.29, 0.717) is 10.8 Å². The van der Waals surface area contributed by atoms with Gasteiger partial charge in [-0.25, -0.2) is 0 Å². The van der Waals surface area contributed by atoms with Crippen LogP contribution in [0.5, 0.6) is 0 Å². The van der Waals surface area contributed by atoms with Gasteiger partial charge in [-0.05, 0) is 18.1 Å². The van der Waals surface area contributed by atoms with E-state index < -0.39 is 11.7 Å². The minimum absolute atomic E-state index is 0.0528. The first-order chi connectivity index (χ1) is 7.90. The van der Waals surface area contributed by atoms with Crippen LogP contribution in [0.25, 0.3) is 0 Å². The van der Waals surface area contributed by atoms with Gasteiger partial charge in [0.2, 0.25) is 0 Å². The Hall–Kier alpha value is -0.990. The summed E-state index contributed by atoms with van der Waals surface area (Å²) < 4.78 is 38.9. The lowest BCUT2D eigenvalue weighted by molar-refractivity contribution is -0.138. The third-order valence-corrected chi connectivity index (χ3v) is 2.72. The fourth-order valence-electron chi connectivity index (χ4n) is 1.38. The minimum atomic E-state index is -4.44. The van der Waals surface area contributed by atoms with Crippen LogP contribution in [-0.4, -0.2) is 15.5 Å². The predicted octanol–water partition coefficient (Wildman–Crippen LogP) is 2.78. The van der Waals surface area contributed by atoms with Crippen LogP contribution in [-0.2, 0) is 12.6 Å². The lowest BCUT2D eigenvalue weighted by Gasteiger charge is -2.13. The zero-order chi connectivity index (χ0) is 13.1. The van der Waals surface area contributed by atoms with Crippen molar-refractivity contribution in [2.45, 2.75) is 12.6 Å².